The largest absolute Gasteiger partial charge is 0.490 e. The van der Waals surface area contributed by atoms with Crippen LogP contribution in [0.1, 0.15) is 18.7 Å². The Morgan fingerprint density at radius 1 is 1.15 bits per heavy atom. The predicted octanol–water partition coefficient (Wildman–Crippen LogP) is 3.43. The van der Waals surface area contributed by atoms with Gasteiger partial charge in [-0.25, -0.2) is 9.97 Å². The highest BCUT2D eigenvalue weighted by Gasteiger charge is 2.22. The Balaban J connectivity index is 1.42. The number of benzene rings is 1. The lowest BCUT2D eigenvalue weighted by molar-refractivity contribution is 0.173. The summed E-state index contributed by atoms with van der Waals surface area (Å²) in [5, 5.41) is 1.17. The average Bonchev–Trinajstić information content (AvgIpc) is 3.11. The van der Waals surface area contributed by atoms with Crippen LogP contribution in [0.4, 0.5) is 5.82 Å². The van der Waals surface area contributed by atoms with Crippen LogP contribution in [-0.2, 0) is 11.3 Å². The second-order valence-corrected chi connectivity index (χ2v) is 6.96. The van der Waals surface area contributed by atoms with E-state index in [2.05, 4.69) is 49.9 Å². The van der Waals surface area contributed by atoms with Gasteiger partial charge in [0, 0.05) is 57.4 Å². The zero-order valence-corrected chi connectivity index (χ0v) is 16.0. The first-order valence-corrected chi connectivity index (χ1v) is 9.52. The summed E-state index contributed by atoms with van der Waals surface area (Å²) in [6.07, 6.45) is 6.15. The molecule has 0 N–H and O–H groups in total. The van der Waals surface area contributed by atoms with E-state index in [9.17, 15) is 0 Å². The monoisotopic (exact) mass is 366 g/mol. The van der Waals surface area contributed by atoms with Gasteiger partial charge in [0.2, 0.25) is 0 Å². The standard InChI is InChI=1S/C21H26N4O2/c1-16-22-10-6-21(23-16)25-11-7-17(8-12-25)27-20-5-3-4-19-18(20)9-13-24(19)14-15-26-2/h3-6,9-10,13,17H,7-8,11-12,14-15H2,1-2H3. The van der Waals surface area contributed by atoms with Crippen molar-refractivity contribution in [3.05, 3.63) is 48.5 Å². The van der Waals surface area contributed by atoms with Crippen molar-refractivity contribution < 1.29 is 9.47 Å². The van der Waals surface area contributed by atoms with Crippen molar-refractivity contribution in [3.63, 3.8) is 0 Å². The van der Waals surface area contributed by atoms with Crippen LogP contribution in [0.25, 0.3) is 10.9 Å². The lowest BCUT2D eigenvalue weighted by atomic mass is 10.1. The molecule has 3 heterocycles. The van der Waals surface area contributed by atoms with Crippen LogP contribution in [0.15, 0.2) is 42.7 Å². The van der Waals surface area contributed by atoms with Gasteiger partial charge in [0.1, 0.15) is 23.5 Å². The Bertz CT molecular complexity index is 900. The van der Waals surface area contributed by atoms with Crippen LogP contribution in [0.5, 0.6) is 5.75 Å². The number of hydrogen-bond donors (Lipinski definition) is 0. The Morgan fingerprint density at radius 3 is 2.78 bits per heavy atom. The number of anilines is 1. The van der Waals surface area contributed by atoms with Gasteiger partial charge >= 0.3 is 0 Å². The van der Waals surface area contributed by atoms with Gasteiger partial charge in [-0.05, 0) is 31.2 Å². The van der Waals surface area contributed by atoms with E-state index in [0.717, 1.165) is 49.9 Å². The molecule has 27 heavy (non-hydrogen) atoms. The molecule has 1 aliphatic heterocycles. The smallest absolute Gasteiger partial charge is 0.132 e. The van der Waals surface area contributed by atoms with Gasteiger partial charge in [-0.3, -0.25) is 0 Å². The summed E-state index contributed by atoms with van der Waals surface area (Å²) in [7, 11) is 1.73. The summed E-state index contributed by atoms with van der Waals surface area (Å²) >= 11 is 0. The quantitative estimate of drug-likeness (QED) is 0.669. The summed E-state index contributed by atoms with van der Waals surface area (Å²) < 4.78 is 13.8. The van der Waals surface area contributed by atoms with Crippen molar-refractivity contribution in [2.45, 2.75) is 32.4 Å². The van der Waals surface area contributed by atoms with E-state index in [1.807, 2.05) is 19.2 Å². The topological polar surface area (TPSA) is 52.4 Å². The molecule has 1 aromatic carbocycles. The fourth-order valence-electron chi connectivity index (χ4n) is 3.68. The molecule has 6 nitrogen and oxygen atoms in total. The van der Waals surface area contributed by atoms with Crippen LogP contribution in [0.2, 0.25) is 0 Å². The van der Waals surface area contributed by atoms with Gasteiger partial charge < -0.3 is 18.9 Å². The second kappa shape index (κ2) is 7.96. The minimum atomic E-state index is 0.233. The molecule has 0 spiro atoms. The van der Waals surface area contributed by atoms with Crippen molar-refractivity contribution in [2.75, 3.05) is 31.7 Å². The molecule has 6 heteroatoms. The van der Waals surface area contributed by atoms with Crippen LogP contribution in [0.3, 0.4) is 0 Å². The number of hydrogen-bond acceptors (Lipinski definition) is 5. The molecule has 3 aromatic rings. The first kappa shape index (κ1) is 17.8. The molecule has 1 saturated heterocycles. The molecule has 0 aliphatic carbocycles. The minimum Gasteiger partial charge on any atom is -0.490 e. The Morgan fingerprint density at radius 2 is 2.00 bits per heavy atom. The number of piperidine rings is 1. The SMILES string of the molecule is COCCn1ccc2c(OC3CCN(c4ccnc(C)n4)CC3)cccc21. The van der Waals surface area contributed by atoms with Gasteiger partial charge in [-0.2, -0.15) is 0 Å². The molecule has 2 aromatic heterocycles. The maximum atomic E-state index is 6.39. The molecule has 0 radical (unpaired) electrons. The summed E-state index contributed by atoms with van der Waals surface area (Å²) in [4.78, 5) is 11.0. The molecule has 1 fully saturated rings. The second-order valence-electron chi connectivity index (χ2n) is 6.96. The van der Waals surface area contributed by atoms with E-state index in [-0.39, 0.29) is 6.10 Å². The lowest BCUT2D eigenvalue weighted by Gasteiger charge is -2.33. The number of fused-ring (bicyclic) bond motifs is 1. The van der Waals surface area contributed by atoms with E-state index < -0.39 is 0 Å². The molecule has 0 unspecified atom stereocenters. The number of ether oxygens (including phenoxy) is 2. The fraction of sp³-hybridized carbons (Fsp3) is 0.429. The molecule has 0 amide bonds. The zero-order valence-electron chi connectivity index (χ0n) is 16.0. The highest BCUT2D eigenvalue weighted by molar-refractivity contribution is 5.86. The Labute approximate surface area is 159 Å². The molecule has 1 aliphatic rings. The number of aryl methyl sites for hydroxylation is 1. The van der Waals surface area contributed by atoms with E-state index in [1.54, 1.807) is 7.11 Å². The highest BCUT2D eigenvalue weighted by Crippen LogP contribution is 2.29. The third-order valence-corrected chi connectivity index (χ3v) is 5.13. The van der Waals surface area contributed by atoms with Crippen LogP contribution < -0.4 is 9.64 Å². The maximum absolute atomic E-state index is 6.39. The Hall–Kier alpha value is -2.60. The van der Waals surface area contributed by atoms with Gasteiger partial charge in [0.05, 0.1) is 12.1 Å². The van der Waals surface area contributed by atoms with E-state index in [1.165, 1.54) is 10.9 Å². The number of aromatic nitrogens is 3. The number of methoxy groups -OCH3 is 1. The molecular formula is C21H26N4O2. The minimum absolute atomic E-state index is 0.233. The van der Waals surface area contributed by atoms with Gasteiger partial charge in [-0.15, -0.1) is 0 Å². The van der Waals surface area contributed by atoms with E-state index in [0.29, 0.717) is 6.61 Å². The summed E-state index contributed by atoms with van der Waals surface area (Å²) in [6.45, 7) is 5.38. The van der Waals surface area contributed by atoms with Crippen molar-refractivity contribution >= 4 is 16.7 Å². The Kier molecular flexibility index (Phi) is 5.25. The summed E-state index contributed by atoms with van der Waals surface area (Å²) in [6, 6.07) is 10.4. The molecule has 4 rings (SSSR count). The first-order chi connectivity index (χ1) is 13.2. The molecule has 142 valence electrons. The third kappa shape index (κ3) is 3.90. The van der Waals surface area contributed by atoms with Gasteiger partial charge in [-0.1, -0.05) is 6.07 Å². The normalized spacial score (nSPS) is 15.4. The van der Waals surface area contributed by atoms with Crippen molar-refractivity contribution in [1.82, 2.24) is 14.5 Å². The predicted molar refractivity (Wildman–Crippen MR) is 106 cm³/mol. The molecule has 0 saturated carbocycles. The zero-order chi connectivity index (χ0) is 18.6. The molecular weight excluding hydrogens is 340 g/mol. The van der Waals surface area contributed by atoms with Gasteiger partial charge in [0.25, 0.3) is 0 Å². The maximum Gasteiger partial charge on any atom is 0.132 e. The van der Waals surface area contributed by atoms with Crippen LogP contribution in [-0.4, -0.2) is 47.4 Å². The average molecular weight is 366 g/mol. The third-order valence-electron chi connectivity index (χ3n) is 5.13. The van der Waals surface area contributed by atoms with Crippen LogP contribution >= 0.6 is 0 Å². The van der Waals surface area contributed by atoms with Crippen LogP contribution in [0, 0.1) is 6.92 Å². The number of rotatable bonds is 6. The highest BCUT2D eigenvalue weighted by atomic mass is 16.5. The fourth-order valence-corrected chi connectivity index (χ4v) is 3.68. The number of nitrogens with zero attached hydrogens (tertiary/aromatic N) is 4. The van der Waals surface area contributed by atoms with E-state index >= 15 is 0 Å². The van der Waals surface area contributed by atoms with E-state index in [4.69, 9.17) is 9.47 Å². The lowest BCUT2D eigenvalue weighted by Crippen LogP contribution is -2.38. The molecule has 0 atom stereocenters. The van der Waals surface area contributed by atoms with Crippen molar-refractivity contribution in [3.8, 4) is 5.75 Å². The summed E-state index contributed by atoms with van der Waals surface area (Å²) in [5.41, 5.74) is 1.19. The van der Waals surface area contributed by atoms with Crippen molar-refractivity contribution in [2.24, 2.45) is 0 Å². The molecule has 0 bridgehead atoms. The van der Waals surface area contributed by atoms with Gasteiger partial charge in [0.15, 0.2) is 0 Å². The summed E-state index contributed by atoms with van der Waals surface area (Å²) in [5.74, 6) is 2.80. The first-order valence-electron chi connectivity index (χ1n) is 9.52. The van der Waals surface area contributed by atoms with Crippen molar-refractivity contribution in [1.29, 1.82) is 0 Å².